The lowest BCUT2D eigenvalue weighted by Gasteiger charge is -2.30. The van der Waals surface area contributed by atoms with Gasteiger partial charge in [0.05, 0.1) is 11.4 Å². The van der Waals surface area contributed by atoms with Crippen molar-refractivity contribution >= 4 is 10.0 Å². The lowest BCUT2D eigenvalue weighted by atomic mass is 10.0. The molecule has 1 aromatic heterocycles. The van der Waals surface area contributed by atoms with Crippen molar-refractivity contribution in [1.82, 2.24) is 20.2 Å². The second-order valence-electron chi connectivity index (χ2n) is 4.88. The summed E-state index contributed by atoms with van der Waals surface area (Å²) in [6, 6.07) is 0.0958. The zero-order valence-electron chi connectivity index (χ0n) is 10.9. The monoisotopic (exact) mass is 272 g/mol. The van der Waals surface area contributed by atoms with Crippen LogP contribution in [0.4, 0.5) is 0 Å². The average Bonchev–Trinajstić information content (AvgIpc) is 2.62. The van der Waals surface area contributed by atoms with Gasteiger partial charge >= 0.3 is 0 Å². The van der Waals surface area contributed by atoms with Gasteiger partial charge in [0.15, 0.2) is 0 Å². The fourth-order valence-electron chi connectivity index (χ4n) is 2.40. The first-order valence-corrected chi connectivity index (χ1v) is 7.67. The molecule has 0 bridgehead atoms. The maximum Gasteiger partial charge on any atom is 0.244 e. The van der Waals surface area contributed by atoms with E-state index in [2.05, 4.69) is 20.2 Å². The summed E-state index contributed by atoms with van der Waals surface area (Å²) in [5.74, 6) is 0. The van der Waals surface area contributed by atoms with Gasteiger partial charge in [-0.25, -0.2) is 13.1 Å². The molecule has 1 aliphatic rings. The highest BCUT2D eigenvalue weighted by molar-refractivity contribution is 7.89. The summed E-state index contributed by atoms with van der Waals surface area (Å²) in [5, 5.41) is 9.92. The van der Waals surface area contributed by atoms with Gasteiger partial charge in [0, 0.05) is 12.1 Å². The Kier molecular flexibility index (Phi) is 3.74. The molecule has 7 heteroatoms. The number of piperidine rings is 1. The highest BCUT2D eigenvalue weighted by Gasteiger charge is 2.29. The Morgan fingerprint density at radius 2 is 2.11 bits per heavy atom. The molecule has 1 saturated heterocycles. The third kappa shape index (κ3) is 2.57. The average molecular weight is 272 g/mol. The summed E-state index contributed by atoms with van der Waals surface area (Å²) < 4.78 is 27.5. The van der Waals surface area contributed by atoms with Gasteiger partial charge in [0.1, 0.15) is 4.90 Å². The number of H-pyrrole nitrogens is 1. The van der Waals surface area contributed by atoms with Crippen LogP contribution in [-0.4, -0.2) is 37.2 Å². The van der Waals surface area contributed by atoms with Crippen LogP contribution >= 0.6 is 0 Å². The minimum atomic E-state index is -3.49. The molecule has 2 atom stereocenters. The number of sulfonamides is 1. The Morgan fingerprint density at radius 1 is 1.39 bits per heavy atom. The topological polar surface area (TPSA) is 86.9 Å². The lowest BCUT2D eigenvalue weighted by Crippen LogP contribution is -2.51. The highest BCUT2D eigenvalue weighted by Crippen LogP contribution is 2.19. The van der Waals surface area contributed by atoms with Gasteiger partial charge in [-0.1, -0.05) is 0 Å². The Balaban J connectivity index is 2.22. The minimum Gasteiger partial charge on any atom is -0.313 e. The van der Waals surface area contributed by atoms with Crippen LogP contribution < -0.4 is 10.0 Å². The number of rotatable bonds is 3. The molecule has 2 rings (SSSR count). The van der Waals surface area contributed by atoms with Crippen LogP contribution in [0.15, 0.2) is 4.90 Å². The zero-order chi connectivity index (χ0) is 13.3. The number of nitrogens with zero attached hydrogens (tertiary/aromatic N) is 1. The Morgan fingerprint density at radius 3 is 2.67 bits per heavy atom. The van der Waals surface area contributed by atoms with E-state index in [1.807, 2.05) is 6.92 Å². The first-order valence-electron chi connectivity index (χ1n) is 6.19. The summed E-state index contributed by atoms with van der Waals surface area (Å²) >= 11 is 0. The smallest absolute Gasteiger partial charge is 0.244 e. The molecule has 18 heavy (non-hydrogen) atoms. The van der Waals surface area contributed by atoms with Crippen molar-refractivity contribution in [3.05, 3.63) is 11.4 Å². The number of aromatic amines is 1. The van der Waals surface area contributed by atoms with E-state index < -0.39 is 10.0 Å². The van der Waals surface area contributed by atoms with Crippen molar-refractivity contribution in [1.29, 1.82) is 0 Å². The highest BCUT2D eigenvalue weighted by atomic mass is 32.2. The third-order valence-corrected chi connectivity index (χ3v) is 5.15. The molecule has 0 saturated carbocycles. The van der Waals surface area contributed by atoms with Gasteiger partial charge in [-0.2, -0.15) is 5.10 Å². The summed E-state index contributed by atoms with van der Waals surface area (Å²) in [6.45, 7) is 6.36. The number of aryl methyl sites for hydroxylation is 2. The summed E-state index contributed by atoms with van der Waals surface area (Å²) in [6.07, 6.45) is 1.85. The van der Waals surface area contributed by atoms with E-state index in [1.165, 1.54) is 0 Å². The number of hydrogen-bond donors (Lipinski definition) is 3. The molecule has 3 N–H and O–H groups in total. The zero-order valence-corrected chi connectivity index (χ0v) is 11.8. The first-order chi connectivity index (χ1) is 8.42. The molecule has 0 spiro atoms. The van der Waals surface area contributed by atoms with Crippen LogP contribution in [0.1, 0.15) is 31.2 Å². The van der Waals surface area contributed by atoms with Crippen LogP contribution in [0.3, 0.4) is 0 Å². The van der Waals surface area contributed by atoms with Crippen LogP contribution in [0.25, 0.3) is 0 Å². The molecule has 0 radical (unpaired) electrons. The SMILES string of the molecule is Cc1n[nH]c(C)c1S(=O)(=O)N[C@H]1CCCN[C@H]1C. The van der Waals surface area contributed by atoms with Crippen LogP contribution in [-0.2, 0) is 10.0 Å². The Labute approximate surface area is 108 Å². The largest absolute Gasteiger partial charge is 0.313 e. The summed E-state index contributed by atoms with van der Waals surface area (Å²) in [4.78, 5) is 0.278. The second-order valence-corrected chi connectivity index (χ2v) is 6.53. The lowest BCUT2D eigenvalue weighted by molar-refractivity contribution is 0.348. The molecule has 0 amide bonds. The maximum atomic E-state index is 12.3. The van der Waals surface area contributed by atoms with Gasteiger partial charge < -0.3 is 5.32 Å². The van der Waals surface area contributed by atoms with Crippen LogP contribution in [0.2, 0.25) is 0 Å². The quantitative estimate of drug-likeness (QED) is 0.745. The van der Waals surface area contributed by atoms with Crippen molar-refractivity contribution in [2.45, 2.75) is 50.6 Å². The molecule has 0 unspecified atom stereocenters. The Bertz CT molecular complexity index is 504. The van der Waals surface area contributed by atoms with E-state index in [9.17, 15) is 8.42 Å². The van der Waals surface area contributed by atoms with Gasteiger partial charge in [-0.15, -0.1) is 0 Å². The molecule has 0 aromatic carbocycles. The molecule has 102 valence electrons. The third-order valence-electron chi connectivity index (χ3n) is 3.40. The predicted molar refractivity (Wildman–Crippen MR) is 68.9 cm³/mol. The Hall–Kier alpha value is -0.920. The molecule has 1 aliphatic heterocycles. The van der Waals surface area contributed by atoms with E-state index in [-0.39, 0.29) is 17.0 Å². The van der Waals surface area contributed by atoms with Crippen molar-refractivity contribution in [3.8, 4) is 0 Å². The fourth-order valence-corrected chi connectivity index (χ4v) is 4.12. The van der Waals surface area contributed by atoms with E-state index in [1.54, 1.807) is 13.8 Å². The molecule has 2 heterocycles. The standard InChI is InChI=1S/C11H20N4O2S/c1-7-10(5-4-6-12-7)15-18(16,17)11-8(2)13-14-9(11)3/h7,10,12,15H,4-6H2,1-3H3,(H,13,14)/t7-,10-/m0/s1. The predicted octanol–water partition coefficient (Wildman–Crippen LogP) is 0.445. The van der Waals surface area contributed by atoms with Gasteiger partial charge in [0.2, 0.25) is 10.0 Å². The van der Waals surface area contributed by atoms with Crippen molar-refractivity contribution < 1.29 is 8.42 Å². The molecule has 0 aliphatic carbocycles. The number of hydrogen-bond acceptors (Lipinski definition) is 4. The molecule has 6 nitrogen and oxygen atoms in total. The van der Waals surface area contributed by atoms with E-state index in [4.69, 9.17) is 0 Å². The normalized spacial score (nSPS) is 25.3. The van der Waals surface area contributed by atoms with Crippen LogP contribution in [0.5, 0.6) is 0 Å². The number of nitrogens with one attached hydrogen (secondary N) is 3. The summed E-state index contributed by atoms with van der Waals surface area (Å²) in [7, 11) is -3.49. The molecule has 1 aromatic rings. The number of aromatic nitrogens is 2. The second kappa shape index (κ2) is 4.99. The van der Waals surface area contributed by atoms with E-state index in [0.717, 1.165) is 19.4 Å². The molecular formula is C11H20N4O2S. The van der Waals surface area contributed by atoms with Crippen molar-refractivity contribution in [2.75, 3.05) is 6.54 Å². The van der Waals surface area contributed by atoms with Crippen LogP contribution in [0, 0.1) is 13.8 Å². The van der Waals surface area contributed by atoms with E-state index in [0.29, 0.717) is 11.4 Å². The van der Waals surface area contributed by atoms with Crippen molar-refractivity contribution in [2.24, 2.45) is 0 Å². The fraction of sp³-hybridized carbons (Fsp3) is 0.727. The summed E-state index contributed by atoms with van der Waals surface area (Å²) in [5.41, 5.74) is 1.09. The van der Waals surface area contributed by atoms with Gasteiger partial charge in [0.25, 0.3) is 0 Å². The maximum absolute atomic E-state index is 12.3. The first kappa shape index (κ1) is 13.5. The van der Waals surface area contributed by atoms with Crippen molar-refractivity contribution in [3.63, 3.8) is 0 Å². The molecular weight excluding hydrogens is 252 g/mol. The minimum absolute atomic E-state index is 0.0579. The molecule has 1 fully saturated rings. The van der Waals surface area contributed by atoms with Gasteiger partial charge in [-0.05, 0) is 40.2 Å². The van der Waals surface area contributed by atoms with E-state index >= 15 is 0 Å². The van der Waals surface area contributed by atoms with Gasteiger partial charge in [-0.3, -0.25) is 5.10 Å².